The van der Waals surface area contributed by atoms with Gasteiger partial charge in [0.15, 0.2) is 0 Å². The van der Waals surface area contributed by atoms with E-state index >= 15 is 0 Å². The van der Waals surface area contributed by atoms with E-state index in [1.807, 2.05) is 0 Å². The second-order valence-electron chi connectivity index (χ2n) is 8.22. The van der Waals surface area contributed by atoms with Crippen LogP contribution < -0.4 is 0 Å². The summed E-state index contributed by atoms with van der Waals surface area (Å²) >= 11 is 0. The van der Waals surface area contributed by atoms with Gasteiger partial charge >= 0.3 is 12.1 Å². The van der Waals surface area contributed by atoms with Crippen molar-refractivity contribution in [3.8, 4) is 5.69 Å². The molecule has 33 heavy (non-hydrogen) atoms. The number of carboxylic acid groups (broad SMARTS) is 1. The second-order valence-corrected chi connectivity index (χ2v) is 8.22. The molecule has 1 aliphatic rings. The van der Waals surface area contributed by atoms with Crippen molar-refractivity contribution in [2.75, 3.05) is 6.54 Å². The highest BCUT2D eigenvalue weighted by Gasteiger charge is 2.34. The SMILES string of the molecule is CCN(Cc1cc(C(F)(F)F)ccc1-n1cc(CC(=O)O)c2ccc(F)cc21)C(=O)C1CC1. The van der Waals surface area contributed by atoms with Gasteiger partial charge in [-0.3, -0.25) is 9.59 Å². The van der Waals surface area contributed by atoms with E-state index in [9.17, 15) is 32.3 Å². The molecule has 4 rings (SSSR count). The molecule has 1 aliphatic carbocycles. The molecule has 0 spiro atoms. The number of hydrogen-bond donors (Lipinski definition) is 1. The average molecular weight is 462 g/mol. The van der Waals surface area contributed by atoms with E-state index in [4.69, 9.17) is 0 Å². The van der Waals surface area contributed by atoms with Crippen LogP contribution in [0.4, 0.5) is 17.6 Å². The van der Waals surface area contributed by atoms with Gasteiger partial charge in [0.05, 0.1) is 23.2 Å². The van der Waals surface area contributed by atoms with Crippen LogP contribution in [0.2, 0.25) is 0 Å². The van der Waals surface area contributed by atoms with Crippen molar-refractivity contribution in [1.82, 2.24) is 9.47 Å². The molecule has 0 saturated heterocycles. The molecule has 5 nitrogen and oxygen atoms in total. The Kier molecular flexibility index (Phi) is 5.90. The zero-order chi connectivity index (χ0) is 23.9. The third kappa shape index (κ3) is 4.72. The van der Waals surface area contributed by atoms with E-state index in [1.54, 1.807) is 6.92 Å². The number of aliphatic carboxylic acids is 1. The Morgan fingerprint density at radius 1 is 1.12 bits per heavy atom. The molecule has 1 aromatic heterocycles. The van der Waals surface area contributed by atoms with Crippen LogP contribution in [0.15, 0.2) is 42.6 Å². The third-order valence-electron chi connectivity index (χ3n) is 5.84. The number of nitrogens with zero attached hydrogens (tertiary/aromatic N) is 2. The largest absolute Gasteiger partial charge is 0.481 e. The lowest BCUT2D eigenvalue weighted by Gasteiger charge is -2.24. The summed E-state index contributed by atoms with van der Waals surface area (Å²) in [6.45, 7) is 2.05. The normalized spacial score (nSPS) is 14.0. The molecule has 0 radical (unpaired) electrons. The number of hydrogen-bond acceptors (Lipinski definition) is 2. The molecule has 9 heteroatoms. The quantitative estimate of drug-likeness (QED) is 0.493. The van der Waals surface area contributed by atoms with Crippen molar-refractivity contribution in [3.63, 3.8) is 0 Å². The van der Waals surface area contributed by atoms with Gasteiger partial charge in [-0.05, 0) is 67.3 Å². The maximum absolute atomic E-state index is 14.1. The molecule has 1 fully saturated rings. The van der Waals surface area contributed by atoms with Gasteiger partial charge in [0.25, 0.3) is 0 Å². The number of halogens is 4. The second kappa shape index (κ2) is 8.53. The molecule has 174 valence electrons. The summed E-state index contributed by atoms with van der Waals surface area (Å²) in [4.78, 5) is 25.5. The fraction of sp³-hybridized carbons (Fsp3) is 0.333. The van der Waals surface area contributed by atoms with Crippen molar-refractivity contribution < 1.29 is 32.3 Å². The average Bonchev–Trinajstić information content (AvgIpc) is 3.54. The first kappa shape index (κ1) is 22.8. The standard InChI is InChI=1S/C24H22F4N2O3/c1-2-29(23(33)14-3-4-14)12-16-9-17(24(26,27)28)5-8-20(16)30-13-15(10-22(31)32)19-7-6-18(25)11-21(19)30/h5-9,11,13-14H,2-4,10,12H2,1H3,(H,31,32). The fourth-order valence-corrected chi connectivity index (χ4v) is 4.04. The number of carboxylic acids is 1. The molecule has 2 aromatic carbocycles. The van der Waals surface area contributed by atoms with Crippen LogP contribution >= 0.6 is 0 Å². The fourth-order valence-electron chi connectivity index (χ4n) is 4.04. The molecule has 1 heterocycles. The number of carbonyl (C=O) groups is 2. The monoisotopic (exact) mass is 462 g/mol. The van der Waals surface area contributed by atoms with Gasteiger partial charge in [-0.1, -0.05) is 0 Å². The van der Waals surface area contributed by atoms with Gasteiger partial charge in [-0.25, -0.2) is 4.39 Å². The van der Waals surface area contributed by atoms with Crippen molar-refractivity contribution in [3.05, 3.63) is 65.1 Å². The summed E-state index contributed by atoms with van der Waals surface area (Å²) < 4.78 is 56.0. The van der Waals surface area contributed by atoms with Crippen LogP contribution in [0.25, 0.3) is 16.6 Å². The molecular weight excluding hydrogens is 440 g/mol. The van der Waals surface area contributed by atoms with Gasteiger partial charge in [0.1, 0.15) is 5.82 Å². The summed E-state index contributed by atoms with van der Waals surface area (Å²) in [5, 5.41) is 9.75. The molecule has 0 atom stereocenters. The molecule has 0 unspecified atom stereocenters. The minimum Gasteiger partial charge on any atom is -0.481 e. The number of amides is 1. The van der Waals surface area contributed by atoms with Crippen molar-refractivity contribution >= 4 is 22.8 Å². The smallest absolute Gasteiger partial charge is 0.416 e. The molecule has 1 amide bonds. The Morgan fingerprint density at radius 2 is 1.85 bits per heavy atom. The van der Waals surface area contributed by atoms with E-state index in [1.165, 1.54) is 39.9 Å². The lowest BCUT2D eigenvalue weighted by atomic mass is 10.1. The van der Waals surface area contributed by atoms with Gasteiger partial charge in [-0.2, -0.15) is 13.2 Å². The first-order chi connectivity index (χ1) is 15.6. The highest BCUT2D eigenvalue weighted by Crippen LogP contribution is 2.35. The first-order valence-corrected chi connectivity index (χ1v) is 10.6. The third-order valence-corrected chi connectivity index (χ3v) is 5.84. The Hall–Kier alpha value is -3.36. The summed E-state index contributed by atoms with van der Waals surface area (Å²) in [5.41, 5.74) is 0.458. The van der Waals surface area contributed by atoms with Crippen molar-refractivity contribution in [1.29, 1.82) is 0 Å². The van der Waals surface area contributed by atoms with E-state index in [-0.39, 0.29) is 30.4 Å². The number of rotatable bonds is 7. The summed E-state index contributed by atoms with van der Waals surface area (Å²) in [5.74, 6) is -1.84. The van der Waals surface area contributed by atoms with Crippen molar-refractivity contribution in [2.45, 2.75) is 38.9 Å². The number of fused-ring (bicyclic) bond motifs is 1. The van der Waals surface area contributed by atoms with Crippen LogP contribution in [-0.2, 0) is 28.7 Å². The number of aromatic nitrogens is 1. The highest BCUT2D eigenvalue weighted by molar-refractivity contribution is 5.89. The Balaban J connectivity index is 1.88. The summed E-state index contributed by atoms with van der Waals surface area (Å²) in [7, 11) is 0. The van der Waals surface area contributed by atoms with Gasteiger partial charge in [0.2, 0.25) is 5.91 Å². The van der Waals surface area contributed by atoms with E-state index in [0.717, 1.165) is 25.0 Å². The topological polar surface area (TPSA) is 62.5 Å². The number of alkyl halides is 3. The zero-order valence-electron chi connectivity index (χ0n) is 17.8. The van der Waals surface area contributed by atoms with E-state index < -0.39 is 23.5 Å². The Labute approximate surface area is 187 Å². The summed E-state index contributed by atoms with van der Waals surface area (Å²) in [6.07, 6.45) is -1.87. The molecule has 3 aromatic rings. The molecular formula is C24H22F4N2O3. The lowest BCUT2D eigenvalue weighted by Crippen LogP contribution is -2.32. The molecule has 1 saturated carbocycles. The van der Waals surface area contributed by atoms with E-state index in [0.29, 0.717) is 28.7 Å². The minimum atomic E-state index is -4.58. The number of benzene rings is 2. The van der Waals surface area contributed by atoms with Gasteiger partial charge in [0, 0.05) is 30.6 Å². The first-order valence-electron chi connectivity index (χ1n) is 10.6. The van der Waals surface area contributed by atoms with E-state index in [2.05, 4.69) is 0 Å². The van der Waals surface area contributed by atoms with Gasteiger partial charge in [-0.15, -0.1) is 0 Å². The molecule has 0 aliphatic heterocycles. The molecule has 0 bridgehead atoms. The van der Waals surface area contributed by atoms with Crippen LogP contribution in [0, 0.1) is 11.7 Å². The lowest BCUT2D eigenvalue weighted by molar-refractivity contribution is -0.138. The maximum Gasteiger partial charge on any atom is 0.416 e. The Morgan fingerprint density at radius 3 is 2.45 bits per heavy atom. The van der Waals surface area contributed by atoms with Crippen LogP contribution in [0.1, 0.15) is 36.5 Å². The predicted molar refractivity (Wildman–Crippen MR) is 113 cm³/mol. The van der Waals surface area contributed by atoms with Crippen LogP contribution in [0.5, 0.6) is 0 Å². The highest BCUT2D eigenvalue weighted by atomic mass is 19.4. The summed E-state index contributed by atoms with van der Waals surface area (Å²) in [6, 6.07) is 7.09. The zero-order valence-corrected chi connectivity index (χ0v) is 17.8. The van der Waals surface area contributed by atoms with Crippen LogP contribution in [-0.4, -0.2) is 33.0 Å². The van der Waals surface area contributed by atoms with Gasteiger partial charge < -0.3 is 14.6 Å². The van der Waals surface area contributed by atoms with Crippen LogP contribution in [0.3, 0.4) is 0 Å². The minimum absolute atomic E-state index is 0.0473. The maximum atomic E-state index is 14.1. The predicted octanol–water partition coefficient (Wildman–Crippen LogP) is 5.17. The van der Waals surface area contributed by atoms with Crippen molar-refractivity contribution in [2.24, 2.45) is 5.92 Å². The number of carbonyl (C=O) groups excluding carboxylic acids is 1. The Bertz CT molecular complexity index is 1230. The molecule has 1 N–H and O–H groups in total.